The third-order valence-corrected chi connectivity index (χ3v) is 4.02. The van der Waals surface area contributed by atoms with Crippen molar-refractivity contribution >= 4 is 29.0 Å². The third-order valence-electron chi connectivity index (χ3n) is 3.10. The maximum Gasteiger partial charge on any atom is 0.274 e. The van der Waals surface area contributed by atoms with Gasteiger partial charge < -0.3 is 5.32 Å². The second-order valence-electron chi connectivity index (χ2n) is 6.14. The lowest BCUT2D eigenvalue weighted by atomic mass is 10.1. The molecule has 24 heavy (non-hydrogen) atoms. The first-order chi connectivity index (χ1) is 11.2. The van der Waals surface area contributed by atoms with Crippen LogP contribution in [0.3, 0.4) is 0 Å². The van der Waals surface area contributed by atoms with Crippen molar-refractivity contribution in [2.24, 2.45) is 0 Å². The number of nitrogens with zero attached hydrogens (tertiary/aromatic N) is 5. The summed E-state index contributed by atoms with van der Waals surface area (Å²) in [5, 5.41) is 25.6. The van der Waals surface area contributed by atoms with E-state index in [0.29, 0.717) is 16.4 Å². The molecule has 1 N–H and O–H groups in total. The number of hydrogen-bond donors (Lipinski definition) is 1. The molecule has 2 aromatic rings. The van der Waals surface area contributed by atoms with E-state index in [-0.39, 0.29) is 22.9 Å². The van der Waals surface area contributed by atoms with Crippen molar-refractivity contribution in [1.29, 1.82) is 0 Å². The average molecular weight is 350 g/mol. The van der Waals surface area contributed by atoms with E-state index in [4.69, 9.17) is 0 Å². The highest BCUT2D eigenvalue weighted by atomic mass is 32.2. The van der Waals surface area contributed by atoms with Crippen LogP contribution in [0.25, 0.3) is 0 Å². The predicted molar refractivity (Wildman–Crippen MR) is 90.0 cm³/mol. The van der Waals surface area contributed by atoms with E-state index in [2.05, 4.69) is 20.8 Å². The summed E-state index contributed by atoms with van der Waals surface area (Å²) in [5.74, 6) is -0.195. The first-order valence-corrected chi connectivity index (χ1v) is 8.13. The maximum atomic E-state index is 12.1. The van der Waals surface area contributed by atoms with Crippen LogP contribution < -0.4 is 5.32 Å². The molecule has 0 aliphatic heterocycles. The van der Waals surface area contributed by atoms with Crippen LogP contribution in [0.2, 0.25) is 0 Å². The normalized spacial score (nSPS) is 11.3. The molecule has 0 atom stereocenters. The van der Waals surface area contributed by atoms with Crippen LogP contribution in [0.5, 0.6) is 0 Å². The number of carbonyl (C=O) groups excluding carboxylic acids is 1. The molecule has 0 aliphatic rings. The number of aromatic nitrogens is 4. The van der Waals surface area contributed by atoms with Gasteiger partial charge in [-0.3, -0.25) is 14.9 Å². The molecule has 1 amide bonds. The van der Waals surface area contributed by atoms with E-state index in [0.717, 1.165) is 0 Å². The van der Waals surface area contributed by atoms with Crippen LogP contribution in [0, 0.1) is 17.0 Å². The molecule has 0 saturated carbocycles. The fraction of sp³-hybridized carbons (Fsp3) is 0.429. The zero-order valence-corrected chi connectivity index (χ0v) is 14.6. The molecule has 1 aromatic heterocycles. The van der Waals surface area contributed by atoms with Crippen LogP contribution in [0.1, 0.15) is 26.3 Å². The van der Waals surface area contributed by atoms with Crippen LogP contribution in [-0.2, 0) is 10.3 Å². The number of thioether (sulfide) groups is 1. The van der Waals surface area contributed by atoms with E-state index in [1.807, 2.05) is 20.8 Å². The van der Waals surface area contributed by atoms with Gasteiger partial charge in [-0.05, 0) is 44.2 Å². The number of nitro benzene ring substituents is 1. The number of nitrogens with one attached hydrogen (secondary N) is 1. The van der Waals surface area contributed by atoms with Gasteiger partial charge in [-0.15, -0.1) is 5.10 Å². The maximum absolute atomic E-state index is 12.1. The number of carbonyl (C=O) groups is 1. The lowest BCUT2D eigenvalue weighted by Crippen LogP contribution is -2.24. The number of amides is 1. The average Bonchev–Trinajstić information content (AvgIpc) is 2.95. The van der Waals surface area contributed by atoms with Crippen molar-refractivity contribution in [1.82, 2.24) is 20.2 Å². The van der Waals surface area contributed by atoms with Gasteiger partial charge in [0, 0.05) is 17.3 Å². The summed E-state index contributed by atoms with van der Waals surface area (Å²) < 4.78 is 1.64. The Hall–Kier alpha value is -2.49. The van der Waals surface area contributed by atoms with Crippen molar-refractivity contribution in [3.05, 3.63) is 33.9 Å². The highest BCUT2D eigenvalue weighted by Gasteiger charge is 2.20. The minimum atomic E-state index is -0.475. The van der Waals surface area contributed by atoms with Crippen molar-refractivity contribution in [2.45, 2.75) is 38.4 Å². The highest BCUT2D eigenvalue weighted by Crippen LogP contribution is 2.24. The highest BCUT2D eigenvalue weighted by molar-refractivity contribution is 7.99. The van der Waals surface area contributed by atoms with Crippen LogP contribution >= 0.6 is 11.8 Å². The Labute approximate surface area is 143 Å². The van der Waals surface area contributed by atoms with Gasteiger partial charge in [-0.2, -0.15) is 0 Å². The molecule has 0 radical (unpaired) electrons. The van der Waals surface area contributed by atoms with Crippen LogP contribution in [0.15, 0.2) is 23.4 Å². The summed E-state index contributed by atoms with van der Waals surface area (Å²) in [7, 11) is 0. The largest absolute Gasteiger partial charge is 0.325 e. The van der Waals surface area contributed by atoms with E-state index in [1.165, 1.54) is 17.8 Å². The molecular formula is C14H18N6O3S. The summed E-state index contributed by atoms with van der Waals surface area (Å²) in [6.45, 7) is 7.52. The van der Waals surface area contributed by atoms with E-state index >= 15 is 0 Å². The number of hydrogen-bond acceptors (Lipinski definition) is 7. The topological polar surface area (TPSA) is 116 Å². The molecule has 128 valence electrons. The summed E-state index contributed by atoms with van der Waals surface area (Å²) in [6, 6.07) is 4.57. The van der Waals surface area contributed by atoms with Crippen molar-refractivity contribution in [3.8, 4) is 0 Å². The van der Waals surface area contributed by atoms with Crippen molar-refractivity contribution in [3.63, 3.8) is 0 Å². The number of nitro groups is 1. The Bertz CT molecular complexity index is 768. The Balaban J connectivity index is 2.01. The van der Waals surface area contributed by atoms with E-state index in [1.54, 1.807) is 23.7 Å². The Morgan fingerprint density at radius 2 is 2.12 bits per heavy atom. The predicted octanol–water partition coefficient (Wildman–Crippen LogP) is 2.38. The molecule has 1 heterocycles. The van der Waals surface area contributed by atoms with Gasteiger partial charge in [0.05, 0.1) is 16.2 Å². The molecule has 0 spiro atoms. The zero-order chi connectivity index (χ0) is 17.9. The Morgan fingerprint density at radius 3 is 2.75 bits per heavy atom. The summed E-state index contributed by atoms with van der Waals surface area (Å²) in [5.41, 5.74) is 0.599. The Morgan fingerprint density at radius 1 is 1.42 bits per heavy atom. The lowest BCUT2D eigenvalue weighted by Gasteiger charge is -2.19. The lowest BCUT2D eigenvalue weighted by molar-refractivity contribution is -0.385. The zero-order valence-electron chi connectivity index (χ0n) is 13.8. The summed E-state index contributed by atoms with van der Waals surface area (Å²) in [4.78, 5) is 22.5. The van der Waals surface area contributed by atoms with E-state index in [9.17, 15) is 14.9 Å². The fourth-order valence-corrected chi connectivity index (χ4v) is 2.76. The molecule has 0 unspecified atom stereocenters. The number of benzene rings is 1. The molecule has 0 bridgehead atoms. The van der Waals surface area contributed by atoms with Crippen molar-refractivity contribution < 1.29 is 9.72 Å². The van der Waals surface area contributed by atoms with Gasteiger partial charge in [0.15, 0.2) is 0 Å². The molecule has 10 heteroatoms. The molecule has 2 rings (SSSR count). The van der Waals surface area contributed by atoms with Crippen LogP contribution in [-0.4, -0.2) is 36.8 Å². The van der Waals surface area contributed by atoms with Gasteiger partial charge in [-0.25, -0.2) is 4.68 Å². The van der Waals surface area contributed by atoms with Crippen molar-refractivity contribution in [2.75, 3.05) is 11.1 Å². The monoisotopic (exact) mass is 350 g/mol. The smallest absolute Gasteiger partial charge is 0.274 e. The number of tetrazole rings is 1. The molecular weight excluding hydrogens is 332 g/mol. The minimum absolute atomic E-state index is 0.0304. The molecule has 0 fully saturated rings. The van der Waals surface area contributed by atoms with Gasteiger partial charge >= 0.3 is 0 Å². The number of rotatable bonds is 5. The first kappa shape index (κ1) is 17.9. The third kappa shape index (κ3) is 4.28. The quantitative estimate of drug-likeness (QED) is 0.500. The first-order valence-electron chi connectivity index (χ1n) is 7.15. The minimum Gasteiger partial charge on any atom is -0.325 e. The SMILES string of the molecule is Cc1ccc(NC(=O)CSc2nnnn2C(C)(C)C)cc1[N+](=O)[O-]. The van der Waals surface area contributed by atoms with Gasteiger partial charge in [0.2, 0.25) is 11.1 Å². The second kappa shape index (κ2) is 6.95. The number of anilines is 1. The van der Waals surface area contributed by atoms with Crippen LogP contribution in [0.4, 0.5) is 11.4 Å². The number of aryl methyl sites for hydroxylation is 1. The molecule has 0 aliphatic carbocycles. The fourth-order valence-electron chi connectivity index (χ4n) is 1.90. The second-order valence-corrected chi connectivity index (χ2v) is 7.08. The molecule has 0 saturated heterocycles. The van der Waals surface area contributed by atoms with Gasteiger partial charge in [0.1, 0.15) is 0 Å². The Kier molecular flexibility index (Phi) is 5.17. The summed E-state index contributed by atoms with van der Waals surface area (Å²) in [6.07, 6.45) is 0. The molecule has 1 aromatic carbocycles. The molecule has 9 nitrogen and oxygen atoms in total. The van der Waals surface area contributed by atoms with Gasteiger partial charge in [0.25, 0.3) is 5.69 Å². The standard InChI is InChI=1S/C14H18N6O3S/c1-9-5-6-10(7-11(9)20(22)23)15-12(21)8-24-13-16-17-18-19(13)14(2,3)4/h5-7H,8H2,1-4H3,(H,15,21). The summed E-state index contributed by atoms with van der Waals surface area (Å²) >= 11 is 1.20. The van der Waals surface area contributed by atoms with Gasteiger partial charge in [-0.1, -0.05) is 17.8 Å². The van der Waals surface area contributed by atoms with E-state index < -0.39 is 4.92 Å².